The standard InChI is InChI=1S/C12H9NO7S/c1-8-7-10(14)13(21(17,18)20-8)11(15)12(16)19-9-5-3-2-4-6-9/h2-7H,1H3. The van der Waals surface area contributed by atoms with Crippen LogP contribution < -0.4 is 4.74 Å². The Balaban J connectivity index is 2.23. The summed E-state index contributed by atoms with van der Waals surface area (Å²) in [5.74, 6) is -4.55. The molecule has 21 heavy (non-hydrogen) atoms. The van der Waals surface area contributed by atoms with Crippen LogP contribution in [0.4, 0.5) is 0 Å². The first-order valence-electron chi connectivity index (χ1n) is 5.59. The molecule has 1 aromatic carbocycles. The van der Waals surface area contributed by atoms with Gasteiger partial charge in [0.2, 0.25) is 0 Å². The number of para-hydroxylation sites is 1. The maximum absolute atomic E-state index is 11.8. The lowest BCUT2D eigenvalue weighted by Crippen LogP contribution is -2.48. The summed E-state index contributed by atoms with van der Waals surface area (Å²) in [4.78, 5) is 35.0. The molecular formula is C12H9NO7S. The van der Waals surface area contributed by atoms with Gasteiger partial charge in [0, 0.05) is 6.08 Å². The summed E-state index contributed by atoms with van der Waals surface area (Å²) in [6, 6.07) is 7.52. The van der Waals surface area contributed by atoms with Crippen LogP contribution >= 0.6 is 0 Å². The summed E-state index contributed by atoms with van der Waals surface area (Å²) in [5.41, 5.74) is 0. The van der Waals surface area contributed by atoms with Crippen molar-refractivity contribution in [2.75, 3.05) is 0 Å². The zero-order valence-corrected chi connectivity index (χ0v) is 11.5. The number of ether oxygens (including phenoxy) is 1. The van der Waals surface area contributed by atoms with Gasteiger partial charge in [-0.1, -0.05) is 18.2 Å². The SMILES string of the molecule is CC1=CC(=O)N(C(=O)C(=O)Oc2ccccc2)S(=O)(=O)O1. The molecule has 0 saturated carbocycles. The minimum atomic E-state index is -4.69. The van der Waals surface area contributed by atoms with Gasteiger partial charge in [-0.2, -0.15) is 8.42 Å². The molecule has 110 valence electrons. The van der Waals surface area contributed by atoms with Gasteiger partial charge in [0.25, 0.3) is 5.91 Å². The Morgan fingerprint density at radius 3 is 2.38 bits per heavy atom. The van der Waals surface area contributed by atoms with Gasteiger partial charge < -0.3 is 8.92 Å². The van der Waals surface area contributed by atoms with E-state index in [1.807, 2.05) is 0 Å². The largest absolute Gasteiger partial charge is 0.419 e. The van der Waals surface area contributed by atoms with Crippen LogP contribution in [-0.4, -0.2) is 30.5 Å². The van der Waals surface area contributed by atoms with Crippen molar-refractivity contribution in [2.24, 2.45) is 0 Å². The summed E-state index contributed by atoms with van der Waals surface area (Å²) in [6.07, 6.45) is 0.773. The molecule has 1 aliphatic rings. The summed E-state index contributed by atoms with van der Waals surface area (Å²) < 4.78 is 32.0. The minimum Gasteiger partial charge on any atom is -0.419 e. The molecule has 0 aromatic heterocycles. The van der Waals surface area contributed by atoms with Crippen molar-refractivity contribution in [1.29, 1.82) is 0 Å². The number of carbonyl (C=O) groups is 3. The Hall–Kier alpha value is -2.68. The molecular weight excluding hydrogens is 302 g/mol. The molecule has 0 fully saturated rings. The van der Waals surface area contributed by atoms with Crippen LogP contribution in [-0.2, 0) is 28.9 Å². The smallest absolute Gasteiger partial charge is 0.419 e. The lowest BCUT2D eigenvalue weighted by atomic mass is 10.3. The van der Waals surface area contributed by atoms with Crippen LogP contribution in [0.1, 0.15) is 6.92 Å². The predicted octanol–water partition coefficient (Wildman–Crippen LogP) is 0.126. The van der Waals surface area contributed by atoms with Gasteiger partial charge >= 0.3 is 22.2 Å². The lowest BCUT2D eigenvalue weighted by Gasteiger charge is -2.21. The molecule has 0 N–H and O–H groups in total. The van der Waals surface area contributed by atoms with E-state index in [1.165, 1.54) is 19.1 Å². The van der Waals surface area contributed by atoms with Gasteiger partial charge in [0.15, 0.2) is 0 Å². The van der Waals surface area contributed by atoms with Gasteiger partial charge in [0.1, 0.15) is 11.5 Å². The van der Waals surface area contributed by atoms with E-state index in [-0.39, 0.29) is 15.8 Å². The molecule has 2 rings (SSSR count). The Labute approximate surface area is 119 Å². The molecule has 0 radical (unpaired) electrons. The summed E-state index contributed by atoms with van der Waals surface area (Å²) in [7, 11) is -4.69. The Kier molecular flexibility index (Phi) is 3.76. The Morgan fingerprint density at radius 2 is 1.81 bits per heavy atom. The summed E-state index contributed by atoms with van der Waals surface area (Å²) >= 11 is 0. The zero-order chi connectivity index (χ0) is 15.6. The molecule has 8 nitrogen and oxygen atoms in total. The molecule has 0 unspecified atom stereocenters. The number of imide groups is 1. The van der Waals surface area contributed by atoms with E-state index in [1.54, 1.807) is 18.2 Å². The third kappa shape index (κ3) is 3.08. The van der Waals surface area contributed by atoms with E-state index in [0.717, 1.165) is 6.08 Å². The van der Waals surface area contributed by atoms with Gasteiger partial charge in [-0.15, -0.1) is 4.31 Å². The zero-order valence-electron chi connectivity index (χ0n) is 10.7. The summed E-state index contributed by atoms with van der Waals surface area (Å²) in [6.45, 7) is 1.22. The van der Waals surface area contributed by atoms with E-state index in [4.69, 9.17) is 0 Å². The number of nitrogens with zero attached hydrogens (tertiary/aromatic N) is 1. The number of esters is 1. The number of benzene rings is 1. The molecule has 0 saturated heterocycles. The molecule has 0 aliphatic carbocycles. The second-order valence-electron chi connectivity index (χ2n) is 3.91. The van der Waals surface area contributed by atoms with E-state index < -0.39 is 28.1 Å². The van der Waals surface area contributed by atoms with Gasteiger partial charge in [-0.05, 0) is 19.1 Å². The number of hydrogen-bond acceptors (Lipinski definition) is 7. The van der Waals surface area contributed by atoms with Crippen molar-refractivity contribution in [3.8, 4) is 5.75 Å². The van der Waals surface area contributed by atoms with Gasteiger partial charge in [0.05, 0.1) is 0 Å². The first kappa shape index (κ1) is 14.7. The number of rotatable bonds is 1. The Morgan fingerprint density at radius 1 is 1.19 bits per heavy atom. The second kappa shape index (κ2) is 5.37. The fraction of sp³-hybridized carbons (Fsp3) is 0.0833. The van der Waals surface area contributed by atoms with Crippen LogP contribution in [0.5, 0.6) is 5.75 Å². The van der Waals surface area contributed by atoms with Crippen LogP contribution in [0.25, 0.3) is 0 Å². The number of allylic oxidation sites excluding steroid dienone is 1. The maximum atomic E-state index is 11.8. The molecule has 1 aliphatic heterocycles. The minimum absolute atomic E-state index is 0.0327. The number of hydrogen-bond donors (Lipinski definition) is 0. The quantitative estimate of drug-likeness (QED) is 0.412. The highest BCUT2D eigenvalue weighted by Crippen LogP contribution is 2.18. The molecule has 1 aromatic rings. The molecule has 1 heterocycles. The topological polar surface area (TPSA) is 107 Å². The van der Waals surface area contributed by atoms with E-state index in [2.05, 4.69) is 8.92 Å². The molecule has 0 bridgehead atoms. The van der Waals surface area contributed by atoms with Crippen molar-refractivity contribution >= 4 is 28.1 Å². The normalized spacial score (nSPS) is 16.7. The average molecular weight is 311 g/mol. The highest BCUT2D eigenvalue weighted by atomic mass is 32.2. The van der Waals surface area contributed by atoms with Crippen LogP contribution in [0.2, 0.25) is 0 Å². The maximum Gasteiger partial charge on any atom is 0.419 e. The monoisotopic (exact) mass is 311 g/mol. The summed E-state index contributed by atoms with van der Waals surface area (Å²) in [5, 5.41) is 0. The average Bonchev–Trinajstić information content (AvgIpc) is 2.37. The third-order valence-electron chi connectivity index (χ3n) is 2.30. The van der Waals surface area contributed by atoms with Crippen molar-refractivity contribution in [3.05, 3.63) is 42.2 Å². The molecule has 0 spiro atoms. The van der Waals surface area contributed by atoms with Crippen molar-refractivity contribution in [2.45, 2.75) is 6.92 Å². The first-order valence-corrected chi connectivity index (χ1v) is 6.96. The van der Waals surface area contributed by atoms with E-state index >= 15 is 0 Å². The molecule has 2 amide bonds. The van der Waals surface area contributed by atoms with Crippen molar-refractivity contribution in [3.63, 3.8) is 0 Å². The van der Waals surface area contributed by atoms with Crippen LogP contribution in [0, 0.1) is 0 Å². The van der Waals surface area contributed by atoms with Crippen LogP contribution in [0.3, 0.4) is 0 Å². The van der Waals surface area contributed by atoms with E-state index in [9.17, 15) is 22.8 Å². The van der Waals surface area contributed by atoms with Crippen LogP contribution in [0.15, 0.2) is 42.2 Å². The third-order valence-corrected chi connectivity index (χ3v) is 3.57. The highest BCUT2D eigenvalue weighted by molar-refractivity contribution is 7.85. The van der Waals surface area contributed by atoms with Gasteiger partial charge in [-0.25, -0.2) is 4.79 Å². The fourth-order valence-corrected chi connectivity index (χ4v) is 2.50. The van der Waals surface area contributed by atoms with Crippen molar-refractivity contribution < 1.29 is 31.7 Å². The predicted molar refractivity (Wildman–Crippen MR) is 67.7 cm³/mol. The van der Waals surface area contributed by atoms with E-state index in [0.29, 0.717) is 0 Å². The fourth-order valence-electron chi connectivity index (χ4n) is 1.49. The lowest BCUT2D eigenvalue weighted by molar-refractivity contribution is -0.154. The Bertz CT molecular complexity index is 736. The first-order chi connectivity index (χ1) is 9.81. The highest BCUT2D eigenvalue weighted by Gasteiger charge is 2.42. The second-order valence-corrected chi connectivity index (χ2v) is 5.29. The number of amides is 2. The molecule has 9 heteroatoms. The number of carbonyl (C=O) groups excluding carboxylic acids is 3. The van der Waals surface area contributed by atoms with Gasteiger partial charge in [-0.3, -0.25) is 9.59 Å². The van der Waals surface area contributed by atoms with Crippen molar-refractivity contribution in [1.82, 2.24) is 4.31 Å². The molecule has 0 atom stereocenters.